The van der Waals surface area contributed by atoms with Gasteiger partial charge in [-0.2, -0.15) is 0 Å². The van der Waals surface area contributed by atoms with Crippen molar-refractivity contribution >= 4 is 33.4 Å². The van der Waals surface area contributed by atoms with Gasteiger partial charge in [0.1, 0.15) is 0 Å². The normalized spacial score (nSPS) is 16.6. The lowest BCUT2D eigenvalue weighted by Crippen LogP contribution is -2.40. The molecule has 5 heteroatoms. The Morgan fingerprint density at radius 3 is 2.67 bits per heavy atom. The topological polar surface area (TPSA) is 29.5 Å². The number of carbonyl (C=O) groups is 1. The highest BCUT2D eigenvalue weighted by atomic mass is 79.9. The van der Waals surface area contributed by atoms with Crippen molar-refractivity contribution in [2.75, 3.05) is 20.3 Å². The molecule has 0 aromatic heterocycles. The Morgan fingerprint density at radius 1 is 1.39 bits per heavy atom. The van der Waals surface area contributed by atoms with E-state index in [1.165, 1.54) is 0 Å². The SMILES string of the molecule is CN(C(=O)c1cc(Cl)cc(Br)c1)C1CCOCC1. The summed E-state index contributed by atoms with van der Waals surface area (Å²) in [6, 6.07) is 5.52. The van der Waals surface area contributed by atoms with E-state index >= 15 is 0 Å². The molecule has 1 aliphatic heterocycles. The van der Waals surface area contributed by atoms with Gasteiger partial charge >= 0.3 is 0 Å². The molecule has 1 fully saturated rings. The number of hydrogen-bond donors (Lipinski definition) is 0. The van der Waals surface area contributed by atoms with Crippen LogP contribution >= 0.6 is 27.5 Å². The summed E-state index contributed by atoms with van der Waals surface area (Å²) in [6.45, 7) is 1.45. The maximum atomic E-state index is 12.4. The van der Waals surface area contributed by atoms with Crippen molar-refractivity contribution in [2.24, 2.45) is 0 Å². The van der Waals surface area contributed by atoms with E-state index in [2.05, 4.69) is 15.9 Å². The van der Waals surface area contributed by atoms with Gasteiger partial charge in [0.2, 0.25) is 0 Å². The third-order valence-corrected chi connectivity index (χ3v) is 3.84. The Hall–Kier alpha value is -0.580. The molecule has 0 saturated carbocycles. The highest BCUT2D eigenvalue weighted by Gasteiger charge is 2.23. The lowest BCUT2D eigenvalue weighted by atomic mass is 10.1. The van der Waals surface area contributed by atoms with Crippen LogP contribution in [-0.4, -0.2) is 37.1 Å². The van der Waals surface area contributed by atoms with Gasteiger partial charge < -0.3 is 9.64 Å². The largest absolute Gasteiger partial charge is 0.381 e. The Morgan fingerprint density at radius 2 is 2.06 bits per heavy atom. The van der Waals surface area contributed by atoms with Crippen LogP contribution in [0, 0.1) is 0 Å². The van der Waals surface area contributed by atoms with Crippen LogP contribution in [0.5, 0.6) is 0 Å². The lowest BCUT2D eigenvalue weighted by molar-refractivity contribution is 0.0362. The molecule has 98 valence electrons. The Kier molecular flexibility index (Phi) is 4.65. The molecule has 0 N–H and O–H groups in total. The van der Waals surface area contributed by atoms with E-state index in [1.54, 1.807) is 23.1 Å². The van der Waals surface area contributed by atoms with Crippen molar-refractivity contribution in [3.05, 3.63) is 33.3 Å². The minimum absolute atomic E-state index is 0.00472. The van der Waals surface area contributed by atoms with Crippen LogP contribution in [0.2, 0.25) is 5.02 Å². The van der Waals surface area contributed by atoms with Crippen LogP contribution in [0.1, 0.15) is 23.2 Å². The van der Waals surface area contributed by atoms with Gasteiger partial charge in [0.15, 0.2) is 0 Å². The van der Waals surface area contributed by atoms with Gasteiger partial charge in [-0.15, -0.1) is 0 Å². The number of nitrogens with zero attached hydrogens (tertiary/aromatic N) is 1. The molecule has 1 amide bonds. The fraction of sp³-hybridized carbons (Fsp3) is 0.462. The van der Waals surface area contributed by atoms with Crippen LogP contribution in [0.3, 0.4) is 0 Å². The van der Waals surface area contributed by atoms with E-state index in [0.29, 0.717) is 10.6 Å². The second-order valence-corrected chi connectivity index (χ2v) is 5.77. The average Bonchev–Trinajstić information content (AvgIpc) is 2.37. The second-order valence-electron chi connectivity index (χ2n) is 4.42. The van der Waals surface area contributed by atoms with E-state index < -0.39 is 0 Å². The van der Waals surface area contributed by atoms with Crippen molar-refractivity contribution in [1.82, 2.24) is 4.90 Å². The summed E-state index contributed by atoms with van der Waals surface area (Å²) in [7, 11) is 1.84. The molecular formula is C13H15BrClNO2. The minimum atomic E-state index is 0.00472. The molecular weight excluding hydrogens is 318 g/mol. The molecule has 1 aromatic carbocycles. The molecule has 1 aromatic rings. The number of amides is 1. The van der Waals surface area contributed by atoms with Crippen LogP contribution in [0.15, 0.2) is 22.7 Å². The standard InChI is InChI=1S/C13H15BrClNO2/c1-16(12-2-4-18-5-3-12)13(17)9-6-10(14)8-11(15)7-9/h6-8,12H,2-5H2,1H3. The van der Waals surface area contributed by atoms with E-state index in [9.17, 15) is 4.79 Å². The Labute approximate surface area is 120 Å². The zero-order valence-electron chi connectivity index (χ0n) is 10.2. The molecule has 18 heavy (non-hydrogen) atoms. The third kappa shape index (κ3) is 3.25. The van der Waals surface area contributed by atoms with Gasteiger partial charge in [-0.1, -0.05) is 27.5 Å². The predicted molar refractivity (Wildman–Crippen MR) is 75.1 cm³/mol. The van der Waals surface area contributed by atoms with E-state index in [1.807, 2.05) is 7.05 Å². The number of benzene rings is 1. The first-order chi connectivity index (χ1) is 8.58. The van der Waals surface area contributed by atoms with Crippen LogP contribution in [0.4, 0.5) is 0 Å². The van der Waals surface area contributed by atoms with Crippen LogP contribution in [-0.2, 0) is 4.74 Å². The van der Waals surface area contributed by atoms with Gasteiger partial charge in [-0.3, -0.25) is 4.79 Å². The highest BCUT2D eigenvalue weighted by molar-refractivity contribution is 9.10. The molecule has 3 nitrogen and oxygen atoms in total. The summed E-state index contributed by atoms with van der Waals surface area (Å²) >= 11 is 9.32. The monoisotopic (exact) mass is 331 g/mol. The van der Waals surface area contributed by atoms with Crippen molar-refractivity contribution in [3.63, 3.8) is 0 Å². The van der Waals surface area contributed by atoms with Crippen LogP contribution in [0.25, 0.3) is 0 Å². The molecule has 0 aliphatic carbocycles. The molecule has 1 aliphatic rings. The molecule has 0 atom stereocenters. The first-order valence-corrected chi connectivity index (χ1v) is 7.06. The number of halogens is 2. The zero-order chi connectivity index (χ0) is 13.1. The van der Waals surface area contributed by atoms with E-state index in [0.717, 1.165) is 30.5 Å². The average molecular weight is 333 g/mol. The minimum Gasteiger partial charge on any atom is -0.381 e. The van der Waals surface area contributed by atoms with Crippen molar-refractivity contribution in [2.45, 2.75) is 18.9 Å². The van der Waals surface area contributed by atoms with Crippen molar-refractivity contribution < 1.29 is 9.53 Å². The first-order valence-electron chi connectivity index (χ1n) is 5.89. The third-order valence-electron chi connectivity index (χ3n) is 3.17. The fourth-order valence-electron chi connectivity index (χ4n) is 2.12. The van der Waals surface area contributed by atoms with Crippen molar-refractivity contribution in [1.29, 1.82) is 0 Å². The molecule has 0 spiro atoms. The maximum absolute atomic E-state index is 12.4. The van der Waals surface area contributed by atoms with E-state index in [4.69, 9.17) is 16.3 Å². The van der Waals surface area contributed by atoms with Gasteiger partial charge in [-0.25, -0.2) is 0 Å². The smallest absolute Gasteiger partial charge is 0.253 e. The van der Waals surface area contributed by atoms with Gasteiger partial charge in [0.05, 0.1) is 0 Å². The molecule has 2 rings (SSSR count). The second kappa shape index (κ2) is 6.04. The predicted octanol–water partition coefficient (Wildman–Crippen LogP) is 3.35. The number of hydrogen-bond acceptors (Lipinski definition) is 2. The molecule has 1 saturated heterocycles. The molecule has 0 unspecified atom stereocenters. The summed E-state index contributed by atoms with van der Waals surface area (Å²) < 4.78 is 6.13. The molecule has 0 radical (unpaired) electrons. The summed E-state index contributed by atoms with van der Waals surface area (Å²) in [4.78, 5) is 14.1. The molecule has 1 heterocycles. The van der Waals surface area contributed by atoms with Gasteiger partial charge in [-0.05, 0) is 31.0 Å². The number of rotatable bonds is 2. The first kappa shape index (κ1) is 13.8. The summed E-state index contributed by atoms with van der Waals surface area (Å²) in [5, 5.41) is 0.563. The lowest BCUT2D eigenvalue weighted by Gasteiger charge is -2.31. The van der Waals surface area contributed by atoms with Crippen LogP contribution < -0.4 is 0 Å². The van der Waals surface area contributed by atoms with Gasteiger partial charge in [0, 0.05) is 41.4 Å². The quantitative estimate of drug-likeness (QED) is 0.831. The Balaban J connectivity index is 2.14. The summed E-state index contributed by atoms with van der Waals surface area (Å²) in [6.07, 6.45) is 1.79. The van der Waals surface area contributed by atoms with E-state index in [-0.39, 0.29) is 11.9 Å². The summed E-state index contributed by atoms with van der Waals surface area (Å²) in [5.41, 5.74) is 0.614. The summed E-state index contributed by atoms with van der Waals surface area (Å²) in [5.74, 6) is 0.00472. The number of carbonyl (C=O) groups excluding carboxylic acids is 1. The highest BCUT2D eigenvalue weighted by Crippen LogP contribution is 2.22. The Bertz CT molecular complexity index is 426. The fourth-order valence-corrected chi connectivity index (χ4v) is 2.98. The van der Waals surface area contributed by atoms with Crippen molar-refractivity contribution in [3.8, 4) is 0 Å². The van der Waals surface area contributed by atoms with Gasteiger partial charge in [0.25, 0.3) is 5.91 Å². The maximum Gasteiger partial charge on any atom is 0.253 e. The number of ether oxygens (including phenoxy) is 1. The zero-order valence-corrected chi connectivity index (χ0v) is 12.5. The molecule has 0 bridgehead atoms.